The van der Waals surface area contributed by atoms with Crippen molar-refractivity contribution in [1.29, 1.82) is 0 Å². The third-order valence-electron chi connectivity index (χ3n) is 3.58. The molecule has 21 heavy (non-hydrogen) atoms. The van der Waals surface area contributed by atoms with Gasteiger partial charge in [0.05, 0.1) is 10.5 Å². The number of halogens is 1. The molecule has 0 radical (unpaired) electrons. The van der Waals surface area contributed by atoms with Gasteiger partial charge in [0.15, 0.2) is 0 Å². The molecule has 1 aliphatic heterocycles. The predicted octanol–water partition coefficient (Wildman–Crippen LogP) is 1.69. The van der Waals surface area contributed by atoms with E-state index in [9.17, 15) is 19.7 Å². The highest BCUT2D eigenvalue weighted by Crippen LogP contribution is 2.26. The second-order valence-corrected chi connectivity index (χ2v) is 5.74. The lowest BCUT2D eigenvalue weighted by Gasteiger charge is -2.30. The molecule has 7 nitrogen and oxygen atoms in total. The minimum Gasteiger partial charge on any atom is -0.369 e. The summed E-state index contributed by atoms with van der Waals surface area (Å²) in [5, 5.41) is 10.8. The van der Waals surface area contributed by atoms with Crippen LogP contribution in [0.25, 0.3) is 0 Å². The van der Waals surface area contributed by atoms with E-state index in [0.717, 1.165) is 0 Å². The van der Waals surface area contributed by atoms with Crippen LogP contribution in [0.15, 0.2) is 22.7 Å². The van der Waals surface area contributed by atoms with Gasteiger partial charge in [-0.1, -0.05) is 0 Å². The van der Waals surface area contributed by atoms with Crippen molar-refractivity contribution in [2.45, 2.75) is 12.8 Å². The van der Waals surface area contributed by atoms with Gasteiger partial charge in [0.25, 0.3) is 11.6 Å². The highest BCUT2D eigenvalue weighted by molar-refractivity contribution is 9.10. The molecule has 2 N–H and O–H groups in total. The number of hydrogen-bond acceptors (Lipinski definition) is 4. The van der Waals surface area contributed by atoms with Gasteiger partial charge in [-0.3, -0.25) is 19.7 Å². The quantitative estimate of drug-likeness (QED) is 0.657. The Morgan fingerprint density at radius 1 is 1.33 bits per heavy atom. The van der Waals surface area contributed by atoms with E-state index in [-0.39, 0.29) is 29.0 Å². The molecule has 2 amide bonds. The van der Waals surface area contributed by atoms with E-state index in [0.29, 0.717) is 30.4 Å². The van der Waals surface area contributed by atoms with Crippen LogP contribution in [0.2, 0.25) is 0 Å². The number of non-ortho nitro benzene ring substituents is 1. The zero-order valence-corrected chi connectivity index (χ0v) is 12.7. The number of likely N-dealkylation sites (tertiary alicyclic amines) is 1. The summed E-state index contributed by atoms with van der Waals surface area (Å²) in [4.78, 5) is 35.4. The number of benzene rings is 1. The van der Waals surface area contributed by atoms with E-state index in [1.807, 2.05) is 0 Å². The van der Waals surface area contributed by atoms with Gasteiger partial charge >= 0.3 is 0 Å². The molecule has 1 saturated heterocycles. The van der Waals surface area contributed by atoms with Crippen LogP contribution in [0, 0.1) is 16.0 Å². The second-order valence-electron chi connectivity index (χ2n) is 4.89. The summed E-state index contributed by atoms with van der Waals surface area (Å²) in [6.07, 6.45) is 1.04. The van der Waals surface area contributed by atoms with Crippen molar-refractivity contribution < 1.29 is 14.5 Å². The van der Waals surface area contributed by atoms with Gasteiger partial charge in [-0.25, -0.2) is 0 Å². The van der Waals surface area contributed by atoms with Crippen LogP contribution >= 0.6 is 15.9 Å². The van der Waals surface area contributed by atoms with Gasteiger partial charge in [0.1, 0.15) is 0 Å². The molecule has 0 unspecified atom stereocenters. The monoisotopic (exact) mass is 355 g/mol. The zero-order chi connectivity index (χ0) is 15.6. The van der Waals surface area contributed by atoms with Crippen LogP contribution < -0.4 is 5.73 Å². The highest BCUT2D eigenvalue weighted by Gasteiger charge is 2.28. The Bertz CT molecular complexity index is 597. The first-order valence-electron chi connectivity index (χ1n) is 6.42. The molecular formula is C13H14BrN3O4. The summed E-state index contributed by atoms with van der Waals surface area (Å²) in [7, 11) is 0. The molecule has 1 aromatic rings. The number of rotatable bonds is 3. The topological polar surface area (TPSA) is 107 Å². The van der Waals surface area contributed by atoms with Gasteiger partial charge in [-0.15, -0.1) is 0 Å². The Labute approximate surface area is 129 Å². The SMILES string of the molecule is NC(=O)C1CCN(C(=O)c2cc([N+](=O)[O-])ccc2Br)CC1. The number of nitrogens with two attached hydrogens (primary N) is 1. The number of nitro benzene ring substituents is 1. The number of hydrogen-bond donors (Lipinski definition) is 1. The van der Waals surface area contributed by atoms with E-state index < -0.39 is 4.92 Å². The van der Waals surface area contributed by atoms with E-state index in [1.165, 1.54) is 18.2 Å². The van der Waals surface area contributed by atoms with Crippen molar-refractivity contribution in [2.75, 3.05) is 13.1 Å². The maximum Gasteiger partial charge on any atom is 0.270 e. The van der Waals surface area contributed by atoms with Gasteiger partial charge in [0.2, 0.25) is 5.91 Å². The van der Waals surface area contributed by atoms with Gasteiger partial charge < -0.3 is 10.6 Å². The Hall–Kier alpha value is -1.96. The smallest absolute Gasteiger partial charge is 0.270 e. The summed E-state index contributed by atoms with van der Waals surface area (Å²) in [6, 6.07) is 4.08. The second kappa shape index (κ2) is 6.21. The Kier molecular flexibility index (Phi) is 4.56. The first kappa shape index (κ1) is 15.4. The van der Waals surface area contributed by atoms with E-state index in [4.69, 9.17) is 5.73 Å². The van der Waals surface area contributed by atoms with Crippen molar-refractivity contribution >= 4 is 33.4 Å². The molecule has 0 atom stereocenters. The molecule has 1 aliphatic rings. The van der Waals surface area contributed by atoms with E-state index in [1.54, 1.807) is 4.90 Å². The van der Waals surface area contributed by atoms with E-state index in [2.05, 4.69) is 15.9 Å². The summed E-state index contributed by atoms with van der Waals surface area (Å²) in [6.45, 7) is 0.836. The fourth-order valence-corrected chi connectivity index (χ4v) is 2.74. The number of amides is 2. The van der Waals surface area contributed by atoms with Crippen molar-refractivity contribution in [3.05, 3.63) is 38.3 Å². The molecule has 2 rings (SSSR count). The summed E-state index contributed by atoms with van der Waals surface area (Å²) in [5.74, 6) is -0.838. The molecule has 112 valence electrons. The first-order valence-corrected chi connectivity index (χ1v) is 7.22. The maximum atomic E-state index is 12.4. The maximum absolute atomic E-state index is 12.4. The molecule has 0 aromatic heterocycles. The summed E-state index contributed by atoms with van der Waals surface area (Å²) < 4.78 is 0.509. The summed E-state index contributed by atoms with van der Waals surface area (Å²) >= 11 is 3.24. The Morgan fingerprint density at radius 2 is 1.95 bits per heavy atom. The fourth-order valence-electron chi connectivity index (χ4n) is 2.33. The van der Waals surface area contributed by atoms with Crippen molar-refractivity contribution in [3.63, 3.8) is 0 Å². The lowest BCUT2D eigenvalue weighted by molar-refractivity contribution is -0.384. The molecule has 1 aromatic carbocycles. The lowest BCUT2D eigenvalue weighted by atomic mass is 9.96. The molecule has 0 bridgehead atoms. The largest absolute Gasteiger partial charge is 0.369 e. The number of carbonyl (C=O) groups excluding carboxylic acids is 2. The standard InChI is InChI=1S/C13H14BrN3O4/c14-11-2-1-9(17(20)21)7-10(11)13(19)16-5-3-8(4-6-16)12(15)18/h1-2,7-8H,3-6H2,(H2,15,18). The highest BCUT2D eigenvalue weighted by atomic mass is 79.9. The Balaban J connectivity index is 2.16. The number of primary amides is 1. The molecular weight excluding hydrogens is 342 g/mol. The van der Waals surface area contributed by atoms with Crippen molar-refractivity contribution in [1.82, 2.24) is 4.90 Å². The molecule has 0 aliphatic carbocycles. The van der Waals surface area contributed by atoms with Crippen molar-refractivity contribution in [2.24, 2.45) is 11.7 Å². The average Bonchev–Trinajstić information content (AvgIpc) is 2.47. The molecule has 1 fully saturated rings. The normalized spacial score (nSPS) is 15.8. The number of piperidine rings is 1. The lowest BCUT2D eigenvalue weighted by Crippen LogP contribution is -2.41. The molecule has 0 spiro atoms. The molecule has 0 saturated carbocycles. The number of nitro groups is 1. The van der Waals surface area contributed by atoms with Crippen LogP contribution in [-0.2, 0) is 4.79 Å². The van der Waals surface area contributed by atoms with Gasteiger partial charge in [-0.2, -0.15) is 0 Å². The Morgan fingerprint density at radius 3 is 2.48 bits per heavy atom. The fraction of sp³-hybridized carbons (Fsp3) is 0.385. The third kappa shape index (κ3) is 3.38. The van der Waals surface area contributed by atoms with Gasteiger partial charge in [-0.05, 0) is 34.8 Å². The van der Waals surface area contributed by atoms with Crippen molar-refractivity contribution in [3.8, 4) is 0 Å². The molecule has 8 heteroatoms. The average molecular weight is 356 g/mol. The van der Waals surface area contributed by atoms with E-state index >= 15 is 0 Å². The van der Waals surface area contributed by atoms with Crippen LogP contribution in [0.4, 0.5) is 5.69 Å². The predicted molar refractivity (Wildman–Crippen MR) is 78.6 cm³/mol. The van der Waals surface area contributed by atoms with Crippen LogP contribution in [0.5, 0.6) is 0 Å². The first-order chi connectivity index (χ1) is 9.90. The minimum absolute atomic E-state index is 0.131. The van der Waals surface area contributed by atoms with Crippen LogP contribution in [0.1, 0.15) is 23.2 Å². The van der Waals surface area contributed by atoms with Crippen LogP contribution in [0.3, 0.4) is 0 Å². The third-order valence-corrected chi connectivity index (χ3v) is 4.27. The number of nitrogens with zero attached hydrogens (tertiary/aromatic N) is 2. The minimum atomic E-state index is -0.539. The summed E-state index contributed by atoms with van der Waals surface area (Å²) in [5.41, 5.74) is 5.37. The zero-order valence-electron chi connectivity index (χ0n) is 11.1. The molecule has 1 heterocycles. The number of carbonyl (C=O) groups is 2. The van der Waals surface area contributed by atoms with Crippen LogP contribution in [-0.4, -0.2) is 34.7 Å². The van der Waals surface area contributed by atoms with Gasteiger partial charge in [0, 0.05) is 35.6 Å².